The van der Waals surface area contributed by atoms with Gasteiger partial charge in [0.1, 0.15) is 5.84 Å². The number of nitrogens with two attached hydrogens (primary N) is 1. The summed E-state index contributed by atoms with van der Waals surface area (Å²) in [6.07, 6.45) is 0.766. The Bertz CT molecular complexity index is 272. The van der Waals surface area contributed by atoms with Gasteiger partial charge in [-0.3, -0.25) is 0 Å². The van der Waals surface area contributed by atoms with E-state index < -0.39 is 5.62 Å². The zero-order valence-corrected chi connectivity index (χ0v) is 10.2. The van der Waals surface area contributed by atoms with Gasteiger partial charge in [-0.05, 0) is 13.8 Å². The molecule has 0 saturated heterocycles. The molecule has 0 spiro atoms. The highest BCUT2D eigenvalue weighted by Crippen LogP contribution is 2.13. The smallest absolute Gasteiger partial charge is 0.220 e. The molecule has 1 aliphatic heterocycles. The first-order valence-electron chi connectivity index (χ1n) is 5.22. The summed E-state index contributed by atoms with van der Waals surface area (Å²) in [5.74, 6) is 7.26. The minimum Gasteiger partial charge on any atom is -0.342 e. The van der Waals surface area contributed by atoms with Crippen LogP contribution in [0, 0.1) is 0 Å². The molecule has 0 aromatic rings. The maximum absolute atomic E-state index is 6.00. The van der Waals surface area contributed by atoms with Crippen molar-refractivity contribution in [1.29, 1.82) is 0 Å². The van der Waals surface area contributed by atoms with Gasteiger partial charge in [0.25, 0.3) is 0 Å². The lowest BCUT2D eigenvalue weighted by Gasteiger charge is -2.33. The van der Waals surface area contributed by atoms with E-state index >= 15 is 0 Å². The van der Waals surface area contributed by atoms with Crippen LogP contribution in [0.5, 0.6) is 0 Å². The number of hydrazine groups is 1. The predicted molar refractivity (Wildman–Crippen MR) is 63.7 cm³/mol. The van der Waals surface area contributed by atoms with E-state index in [1.807, 2.05) is 6.92 Å². The molecule has 0 saturated carbocycles. The lowest BCUT2D eigenvalue weighted by Crippen LogP contribution is -2.53. The molecule has 1 rings (SSSR count). The Morgan fingerprint density at radius 2 is 2.00 bits per heavy atom. The van der Waals surface area contributed by atoms with Gasteiger partial charge < -0.3 is 4.90 Å². The number of amidine groups is 1. The minimum atomic E-state index is -0.548. The Morgan fingerprint density at radius 1 is 1.40 bits per heavy atom. The summed E-state index contributed by atoms with van der Waals surface area (Å²) in [5.41, 5.74) is -0.548. The number of halogens is 1. The van der Waals surface area contributed by atoms with Crippen molar-refractivity contribution in [1.82, 2.24) is 9.91 Å². The van der Waals surface area contributed by atoms with Gasteiger partial charge >= 0.3 is 0 Å². The van der Waals surface area contributed by atoms with E-state index in [0.717, 1.165) is 25.3 Å². The quantitative estimate of drug-likeness (QED) is 0.451. The third kappa shape index (κ3) is 2.60. The molecule has 6 heteroatoms. The maximum Gasteiger partial charge on any atom is 0.220 e. The number of hydrogen-bond acceptors (Lipinski definition) is 5. The maximum atomic E-state index is 6.00. The van der Waals surface area contributed by atoms with E-state index in [2.05, 4.69) is 28.7 Å². The van der Waals surface area contributed by atoms with Crippen LogP contribution in [-0.2, 0) is 0 Å². The number of aliphatic imine (C=N–C) groups is 2. The van der Waals surface area contributed by atoms with Gasteiger partial charge in [0.05, 0.1) is 0 Å². The van der Waals surface area contributed by atoms with Crippen LogP contribution in [0.15, 0.2) is 9.98 Å². The zero-order valence-electron chi connectivity index (χ0n) is 9.44. The number of alkyl halides is 1. The summed E-state index contributed by atoms with van der Waals surface area (Å²) in [7, 11) is 0. The summed E-state index contributed by atoms with van der Waals surface area (Å²) >= 11 is 6.00. The third-order valence-corrected chi connectivity index (χ3v) is 2.62. The molecule has 1 unspecified atom stereocenters. The number of nitrogens with zero attached hydrogens (tertiary/aromatic N) is 4. The van der Waals surface area contributed by atoms with E-state index in [4.69, 9.17) is 17.4 Å². The summed E-state index contributed by atoms with van der Waals surface area (Å²) in [4.78, 5) is 10.6. The molecule has 0 fully saturated rings. The first-order chi connectivity index (χ1) is 7.13. The van der Waals surface area contributed by atoms with Gasteiger partial charge in [-0.25, -0.2) is 15.8 Å². The molecular weight excluding hydrogens is 214 g/mol. The number of rotatable bonds is 3. The topological polar surface area (TPSA) is 57.2 Å². The third-order valence-electron chi connectivity index (χ3n) is 2.31. The molecule has 1 atom stereocenters. The Hall–Kier alpha value is -0.810. The molecule has 2 N–H and O–H groups in total. The first-order valence-corrected chi connectivity index (χ1v) is 5.65. The van der Waals surface area contributed by atoms with Crippen LogP contribution in [0.25, 0.3) is 0 Å². The summed E-state index contributed by atoms with van der Waals surface area (Å²) in [6, 6.07) is 0. The second-order valence-corrected chi connectivity index (χ2v) is 3.59. The molecule has 0 aromatic carbocycles. The Morgan fingerprint density at radius 3 is 2.47 bits per heavy atom. The van der Waals surface area contributed by atoms with Crippen LogP contribution in [-0.4, -0.2) is 40.4 Å². The van der Waals surface area contributed by atoms with Crippen molar-refractivity contribution in [2.45, 2.75) is 32.8 Å². The highest BCUT2D eigenvalue weighted by Gasteiger charge is 2.24. The average Bonchev–Trinajstić information content (AvgIpc) is 2.25. The SMILES string of the molecule is CCC1=NC(Cl)N(N)C(N(CC)CC)=N1. The van der Waals surface area contributed by atoms with Crippen molar-refractivity contribution in [3.8, 4) is 0 Å². The fourth-order valence-corrected chi connectivity index (χ4v) is 1.59. The minimum absolute atomic E-state index is 0.548. The Balaban J connectivity index is 2.93. The first kappa shape index (κ1) is 12.3. The molecule has 15 heavy (non-hydrogen) atoms. The molecular formula is C9H18ClN5. The highest BCUT2D eigenvalue weighted by atomic mass is 35.5. The molecule has 0 radical (unpaired) electrons. The van der Waals surface area contributed by atoms with Crippen molar-refractivity contribution in [2.75, 3.05) is 13.1 Å². The zero-order chi connectivity index (χ0) is 11.4. The van der Waals surface area contributed by atoms with Crippen molar-refractivity contribution in [2.24, 2.45) is 15.8 Å². The standard InChI is InChI=1S/C9H18ClN5/c1-4-7-12-8(10)15(11)9(13-7)14(5-2)6-3/h8H,4-6,11H2,1-3H3. The lowest BCUT2D eigenvalue weighted by atomic mass is 10.4. The van der Waals surface area contributed by atoms with Crippen molar-refractivity contribution < 1.29 is 0 Å². The van der Waals surface area contributed by atoms with E-state index in [1.54, 1.807) is 0 Å². The number of hydrogen-bond donors (Lipinski definition) is 1. The van der Waals surface area contributed by atoms with Crippen LogP contribution >= 0.6 is 11.6 Å². The lowest BCUT2D eigenvalue weighted by molar-refractivity contribution is 0.320. The van der Waals surface area contributed by atoms with E-state index in [1.165, 1.54) is 5.01 Å². The fourth-order valence-electron chi connectivity index (χ4n) is 1.39. The second-order valence-electron chi connectivity index (χ2n) is 3.20. The average molecular weight is 232 g/mol. The monoisotopic (exact) mass is 231 g/mol. The van der Waals surface area contributed by atoms with Gasteiger partial charge in [0.15, 0.2) is 0 Å². The van der Waals surface area contributed by atoms with Crippen LogP contribution in [0.4, 0.5) is 0 Å². The fraction of sp³-hybridized carbons (Fsp3) is 0.778. The molecule has 0 aliphatic carbocycles. The van der Waals surface area contributed by atoms with Crippen LogP contribution < -0.4 is 5.84 Å². The number of guanidine groups is 1. The van der Waals surface area contributed by atoms with Crippen molar-refractivity contribution in [3.05, 3.63) is 0 Å². The van der Waals surface area contributed by atoms with Crippen LogP contribution in [0.1, 0.15) is 27.2 Å². The van der Waals surface area contributed by atoms with Crippen molar-refractivity contribution in [3.63, 3.8) is 0 Å². The summed E-state index contributed by atoms with van der Waals surface area (Å²) in [5, 5.41) is 1.40. The van der Waals surface area contributed by atoms with Crippen LogP contribution in [0.2, 0.25) is 0 Å². The van der Waals surface area contributed by atoms with Gasteiger partial charge in [-0.15, -0.1) is 0 Å². The summed E-state index contributed by atoms with van der Waals surface area (Å²) in [6.45, 7) is 7.81. The largest absolute Gasteiger partial charge is 0.342 e. The van der Waals surface area contributed by atoms with E-state index in [0.29, 0.717) is 5.96 Å². The molecule has 5 nitrogen and oxygen atoms in total. The Labute approximate surface area is 95.6 Å². The molecule has 1 heterocycles. The van der Waals surface area contributed by atoms with E-state index in [9.17, 15) is 0 Å². The predicted octanol–water partition coefficient (Wildman–Crippen LogP) is 1.20. The molecule has 0 bridgehead atoms. The normalized spacial score (nSPS) is 21.1. The second kappa shape index (κ2) is 5.32. The summed E-state index contributed by atoms with van der Waals surface area (Å²) < 4.78 is 0. The van der Waals surface area contributed by atoms with Gasteiger partial charge in [-0.2, -0.15) is 4.99 Å². The van der Waals surface area contributed by atoms with Gasteiger partial charge in [0, 0.05) is 19.5 Å². The highest BCUT2D eigenvalue weighted by molar-refractivity contribution is 6.22. The molecule has 86 valence electrons. The van der Waals surface area contributed by atoms with Gasteiger partial charge in [0.2, 0.25) is 11.6 Å². The van der Waals surface area contributed by atoms with Crippen molar-refractivity contribution >= 4 is 23.4 Å². The van der Waals surface area contributed by atoms with Gasteiger partial charge in [-0.1, -0.05) is 18.5 Å². The van der Waals surface area contributed by atoms with Crippen LogP contribution in [0.3, 0.4) is 0 Å². The molecule has 0 amide bonds. The van der Waals surface area contributed by atoms with E-state index in [-0.39, 0.29) is 0 Å². The Kier molecular flexibility index (Phi) is 4.35. The molecule has 0 aromatic heterocycles. The molecule has 1 aliphatic rings.